The predicted molar refractivity (Wildman–Crippen MR) is 62.7 cm³/mol. The fraction of sp³-hybridized carbons (Fsp3) is 0.200. The van der Waals surface area contributed by atoms with E-state index < -0.39 is 0 Å². The van der Waals surface area contributed by atoms with Crippen molar-refractivity contribution < 1.29 is 4.79 Å². The van der Waals surface area contributed by atoms with Gasteiger partial charge in [-0.15, -0.1) is 0 Å². The molecule has 0 unspecified atom stereocenters. The van der Waals surface area contributed by atoms with E-state index in [1.165, 1.54) is 11.0 Å². The molecule has 0 saturated carbocycles. The standard InChI is InChI=1S/C10H12N6O/c1-11-8-5-3-4-7(14-8)9(17)15-10-12-6-13-16(10)2/h3-6H,1-2H3,(H,11,14)(H,12,13,15,17). The Morgan fingerprint density at radius 2 is 2.24 bits per heavy atom. The summed E-state index contributed by atoms with van der Waals surface area (Å²) in [6, 6.07) is 5.16. The third-order valence-corrected chi connectivity index (χ3v) is 2.17. The average molecular weight is 232 g/mol. The number of aryl methyl sites for hydroxylation is 1. The summed E-state index contributed by atoms with van der Waals surface area (Å²) in [5.41, 5.74) is 0.319. The van der Waals surface area contributed by atoms with Gasteiger partial charge in [-0.25, -0.2) is 9.67 Å². The molecule has 0 aromatic carbocycles. The van der Waals surface area contributed by atoms with Crippen LogP contribution in [0.4, 0.5) is 11.8 Å². The van der Waals surface area contributed by atoms with Crippen LogP contribution in [0.25, 0.3) is 0 Å². The van der Waals surface area contributed by atoms with E-state index in [0.717, 1.165) is 0 Å². The number of rotatable bonds is 3. The summed E-state index contributed by atoms with van der Waals surface area (Å²) < 4.78 is 1.47. The van der Waals surface area contributed by atoms with Gasteiger partial charge in [0.2, 0.25) is 5.95 Å². The number of nitrogens with one attached hydrogen (secondary N) is 2. The van der Waals surface area contributed by atoms with Crippen molar-refractivity contribution in [3.8, 4) is 0 Å². The molecule has 0 fully saturated rings. The van der Waals surface area contributed by atoms with Gasteiger partial charge in [-0.3, -0.25) is 10.1 Å². The molecule has 0 aliphatic carbocycles. The quantitative estimate of drug-likeness (QED) is 0.805. The molecule has 2 aromatic heterocycles. The van der Waals surface area contributed by atoms with Crippen molar-refractivity contribution in [3.63, 3.8) is 0 Å². The monoisotopic (exact) mass is 232 g/mol. The highest BCUT2D eigenvalue weighted by Crippen LogP contribution is 2.06. The Balaban J connectivity index is 2.17. The van der Waals surface area contributed by atoms with Crippen molar-refractivity contribution in [2.75, 3.05) is 17.7 Å². The summed E-state index contributed by atoms with van der Waals surface area (Å²) in [5, 5.41) is 9.34. The second-order valence-electron chi connectivity index (χ2n) is 3.32. The number of nitrogens with zero attached hydrogens (tertiary/aromatic N) is 4. The number of amides is 1. The van der Waals surface area contributed by atoms with Gasteiger partial charge >= 0.3 is 0 Å². The number of anilines is 2. The van der Waals surface area contributed by atoms with Gasteiger partial charge in [0, 0.05) is 14.1 Å². The molecule has 2 heterocycles. The van der Waals surface area contributed by atoms with Crippen LogP contribution in [0, 0.1) is 0 Å². The molecule has 0 radical (unpaired) electrons. The van der Waals surface area contributed by atoms with Crippen LogP contribution in [-0.2, 0) is 7.05 Å². The highest BCUT2D eigenvalue weighted by atomic mass is 16.2. The summed E-state index contributed by atoms with van der Waals surface area (Å²) in [4.78, 5) is 19.9. The zero-order chi connectivity index (χ0) is 12.3. The van der Waals surface area contributed by atoms with Crippen LogP contribution in [0.5, 0.6) is 0 Å². The summed E-state index contributed by atoms with van der Waals surface area (Å²) in [7, 11) is 3.44. The lowest BCUT2D eigenvalue weighted by Gasteiger charge is -2.04. The van der Waals surface area contributed by atoms with Gasteiger partial charge in [0.1, 0.15) is 17.8 Å². The summed E-state index contributed by atoms with van der Waals surface area (Å²) in [5.74, 6) is 0.695. The Kier molecular flexibility index (Phi) is 2.99. The molecule has 7 heteroatoms. The maximum absolute atomic E-state index is 11.8. The maximum atomic E-state index is 11.8. The molecule has 0 bridgehead atoms. The van der Waals surface area contributed by atoms with Gasteiger partial charge in [-0.2, -0.15) is 10.1 Å². The Morgan fingerprint density at radius 1 is 1.41 bits per heavy atom. The van der Waals surface area contributed by atoms with Gasteiger partial charge < -0.3 is 5.32 Å². The van der Waals surface area contributed by atoms with Crippen molar-refractivity contribution >= 4 is 17.7 Å². The zero-order valence-corrected chi connectivity index (χ0v) is 9.51. The van der Waals surface area contributed by atoms with Crippen molar-refractivity contribution in [2.45, 2.75) is 0 Å². The minimum atomic E-state index is -0.321. The van der Waals surface area contributed by atoms with Crippen LogP contribution < -0.4 is 10.6 Å². The van der Waals surface area contributed by atoms with Gasteiger partial charge in [0.15, 0.2) is 0 Å². The molecular formula is C10H12N6O. The van der Waals surface area contributed by atoms with E-state index in [-0.39, 0.29) is 5.91 Å². The molecule has 0 saturated heterocycles. The van der Waals surface area contributed by atoms with Crippen molar-refractivity contribution in [3.05, 3.63) is 30.2 Å². The maximum Gasteiger partial charge on any atom is 0.276 e. The second-order valence-corrected chi connectivity index (χ2v) is 3.32. The molecule has 1 amide bonds. The normalized spacial score (nSPS) is 10.0. The topological polar surface area (TPSA) is 84.7 Å². The zero-order valence-electron chi connectivity index (χ0n) is 9.51. The van der Waals surface area contributed by atoms with Crippen molar-refractivity contribution in [1.82, 2.24) is 19.7 Å². The van der Waals surface area contributed by atoms with Gasteiger partial charge in [0.05, 0.1) is 0 Å². The third kappa shape index (κ3) is 2.39. The van der Waals surface area contributed by atoms with Crippen LogP contribution in [0.3, 0.4) is 0 Å². The molecule has 2 rings (SSSR count). The molecule has 0 spiro atoms. The van der Waals surface area contributed by atoms with Crippen molar-refractivity contribution in [1.29, 1.82) is 0 Å². The van der Waals surface area contributed by atoms with E-state index in [2.05, 4.69) is 25.7 Å². The fourth-order valence-electron chi connectivity index (χ4n) is 1.28. The number of hydrogen-bond donors (Lipinski definition) is 2. The molecule has 17 heavy (non-hydrogen) atoms. The lowest BCUT2D eigenvalue weighted by atomic mass is 10.3. The molecule has 0 aliphatic heterocycles. The first-order valence-corrected chi connectivity index (χ1v) is 5.01. The highest BCUT2D eigenvalue weighted by Gasteiger charge is 2.10. The first-order chi connectivity index (χ1) is 8.20. The molecule has 2 aromatic rings. The van der Waals surface area contributed by atoms with Crippen LogP contribution in [0.1, 0.15) is 10.5 Å². The number of carbonyl (C=O) groups excluding carboxylic acids is 1. The van der Waals surface area contributed by atoms with Gasteiger partial charge in [-0.05, 0) is 12.1 Å². The number of hydrogen-bond acceptors (Lipinski definition) is 5. The molecular weight excluding hydrogens is 220 g/mol. The van der Waals surface area contributed by atoms with Crippen molar-refractivity contribution in [2.24, 2.45) is 7.05 Å². The average Bonchev–Trinajstić information content (AvgIpc) is 2.75. The van der Waals surface area contributed by atoms with Crippen LogP contribution >= 0.6 is 0 Å². The summed E-state index contributed by atoms with van der Waals surface area (Å²) in [6.07, 6.45) is 1.37. The first kappa shape index (κ1) is 11.1. The number of aromatic nitrogens is 4. The van der Waals surface area contributed by atoms with E-state index in [9.17, 15) is 4.79 Å². The van der Waals surface area contributed by atoms with E-state index in [4.69, 9.17) is 0 Å². The Labute approximate surface area is 97.9 Å². The largest absolute Gasteiger partial charge is 0.373 e. The van der Waals surface area contributed by atoms with Crippen LogP contribution in [-0.4, -0.2) is 32.7 Å². The van der Waals surface area contributed by atoms with E-state index in [0.29, 0.717) is 17.5 Å². The van der Waals surface area contributed by atoms with Crippen LogP contribution in [0.15, 0.2) is 24.5 Å². The van der Waals surface area contributed by atoms with Gasteiger partial charge in [0.25, 0.3) is 5.91 Å². The fourth-order valence-corrected chi connectivity index (χ4v) is 1.28. The number of pyridine rings is 1. The molecule has 7 nitrogen and oxygen atoms in total. The second kappa shape index (κ2) is 4.60. The minimum Gasteiger partial charge on any atom is -0.373 e. The highest BCUT2D eigenvalue weighted by molar-refractivity contribution is 6.02. The smallest absolute Gasteiger partial charge is 0.276 e. The Hall–Kier alpha value is -2.44. The van der Waals surface area contributed by atoms with E-state index in [1.807, 2.05) is 0 Å². The molecule has 0 atom stereocenters. The predicted octanol–water partition coefficient (Wildman–Crippen LogP) is 0.504. The SMILES string of the molecule is CNc1cccc(C(=O)Nc2ncnn2C)n1. The van der Waals surface area contributed by atoms with Gasteiger partial charge in [-0.1, -0.05) is 6.07 Å². The summed E-state index contributed by atoms with van der Waals surface area (Å²) >= 11 is 0. The van der Waals surface area contributed by atoms with E-state index in [1.54, 1.807) is 32.3 Å². The summed E-state index contributed by atoms with van der Waals surface area (Å²) in [6.45, 7) is 0. The Bertz CT molecular complexity index is 535. The van der Waals surface area contributed by atoms with E-state index >= 15 is 0 Å². The molecule has 0 aliphatic rings. The third-order valence-electron chi connectivity index (χ3n) is 2.17. The lowest BCUT2D eigenvalue weighted by molar-refractivity contribution is 0.102. The molecule has 88 valence electrons. The minimum absolute atomic E-state index is 0.319. The lowest BCUT2D eigenvalue weighted by Crippen LogP contribution is -2.17. The molecule has 2 N–H and O–H groups in total. The number of carbonyl (C=O) groups is 1. The Morgan fingerprint density at radius 3 is 2.88 bits per heavy atom. The first-order valence-electron chi connectivity index (χ1n) is 5.01. The van der Waals surface area contributed by atoms with Crippen LogP contribution in [0.2, 0.25) is 0 Å².